The highest BCUT2D eigenvalue weighted by molar-refractivity contribution is 8.04. The van der Waals surface area contributed by atoms with Gasteiger partial charge >= 0.3 is 12.1 Å². The lowest BCUT2D eigenvalue weighted by atomic mass is 10.1. The summed E-state index contributed by atoms with van der Waals surface area (Å²) in [5.74, 6) is -1.28. The van der Waals surface area contributed by atoms with Crippen LogP contribution >= 0.6 is 11.8 Å². The average Bonchev–Trinajstić information content (AvgIpc) is 2.45. The van der Waals surface area contributed by atoms with E-state index >= 15 is 0 Å². The van der Waals surface area contributed by atoms with Crippen LogP contribution in [0.15, 0.2) is 40.4 Å². The second-order valence-corrected chi connectivity index (χ2v) is 4.70. The molecule has 8 heteroatoms. The van der Waals surface area contributed by atoms with Gasteiger partial charge < -0.3 is 9.94 Å². The number of ether oxygens (including phenoxy) is 1. The Hall–Kier alpha value is -1.96. The van der Waals surface area contributed by atoms with Crippen LogP contribution in [0.4, 0.5) is 13.2 Å². The Bertz CT molecular complexity index is 541. The van der Waals surface area contributed by atoms with E-state index in [0.29, 0.717) is 6.21 Å². The average molecular weight is 319 g/mol. The van der Waals surface area contributed by atoms with Gasteiger partial charge in [-0.15, -0.1) is 11.8 Å². The topological polar surface area (TPSA) is 58.9 Å². The zero-order chi connectivity index (χ0) is 15.9. The smallest absolute Gasteiger partial charge is 0.422 e. The number of allylic oxidation sites excluding steroid dienone is 2. The Morgan fingerprint density at radius 2 is 2.00 bits per heavy atom. The lowest BCUT2D eigenvalue weighted by Crippen LogP contribution is -2.15. The molecular formula is C13H12F3NO3S. The third-order valence-electron chi connectivity index (χ3n) is 2.34. The number of esters is 1. The van der Waals surface area contributed by atoms with Crippen LogP contribution in [0.3, 0.4) is 0 Å². The van der Waals surface area contributed by atoms with Crippen LogP contribution in [0, 0.1) is 0 Å². The Balaban J connectivity index is 3.29. The Morgan fingerprint density at radius 1 is 1.38 bits per heavy atom. The van der Waals surface area contributed by atoms with Gasteiger partial charge in [0.05, 0.1) is 24.0 Å². The van der Waals surface area contributed by atoms with E-state index in [1.165, 1.54) is 12.1 Å². The van der Waals surface area contributed by atoms with Gasteiger partial charge in [-0.2, -0.15) is 13.2 Å². The van der Waals surface area contributed by atoms with Crippen LogP contribution in [0.1, 0.15) is 5.56 Å². The number of carbonyl (C=O) groups is 1. The van der Waals surface area contributed by atoms with Gasteiger partial charge in [0.15, 0.2) is 0 Å². The molecule has 0 aliphatic rings. The van der Waals surface area contributed by atoms with Gasteiger partial charge in [-0.25, -0.2) is 0 Å². The van der Waals surface area contributed by atoms with Crippen LogP contribution in [0.2, 0.25) is 0 Å². The molecule has 21 heavy (non-hydrogen) atoms. The molecule has 0 fully saturated rings. The quantitative estimate of drug-likeness (QED) is 0.391. The Kier molecular flexibility index (Phi) is 6.29. The molecule has 0 saturated carbocycles. The molecule has 0 heterocycles. The second kappa shape index (κ2) is 7.72. The Labute approximate surface area is 123 Å². The van der Waals surface area contributed by atoms with E-state index in [4.69, 9.17) is 5.21 Å². The molecule has 0 radical (unpaired) electrons. The molecule has 0 aliphatic heterocycles. The van der Waals surface area contributed by atoms with Gasteiger partial charge in [0.25, 0.3) is 0 Å². The van der Waals surface area contributed by atoms with Crippen molar-refractivity contribution in [3.8, 4) is 0 Å². The highest BCUT2D eigenvalue weighted by Gasteiger charge is 2.37. The molecule has 0 spiro atoms. The van der Waals surface area contributed by atoms with Crippen molar-refractivity contribution >= 4 is 29.5 Å². The van der Waals surface area contributed by atoms with Crippen LogP contribution in [0.5, 0.6) is 0 Å². The molecule has 1 rings (SSSR count). The summed E-state index contributed by atoms with van der Waals surface area (Å²) in [4.78, 5) is 10.0. The monoisotopic (exact) mass is 319 g/mol. The summed E-state index contributed by atoms with van der Waals surface area (Å²) in [6.45, 7) is 0. The number of oxime groups is 1. The van der Waals surface area contributed by atoms with Crippen molar-refractivity contribution in [2.45, 2.75) is 6.18 Å². The molecule has 4 nitrogen and oxygen atoms in total. The molecule has 0 unspecified atom stereocenters. The number of benzene rings is 1. The molecule has 0 atom stereocenters. The summed E-state index contributed by atoms with van der Waals surface area (Å²) in [6.07, 6.45) is -3.99. The van der Waals surface area contributed by atoms with Crippen molar-refractivity contribution in [2.24, 2.45) is 5.16 Å². The van der Waals surface area contributed by atoms with Crippen molar-refractivity contribution in [1.29, 1.82) is 0 Å². The molecule has 0 aliphatic carbocycles. The summed E-state index contributed by atoms with van der Waals surface area (Å²) in [7, 11) is 1.09. The zero-order valence-corrected chi connectivity index (χ0v) is 11.7. The molecule has 0 aromatic heterocycles. The lowest BCUT2D eigenvalue weighted by Gasteiger charge is -2.14. The fraction of sp³-hybridized carbons (Fsp3) is 0.231. The summed E-state index contributed by atoms with van der Waals surface area (Å²) in [5.41, 5.74) is -0.0977. The third kappa shape index (κ3) is 5.14. The van der Waals surface area contributed by atoms with Crippen LogP contribution in [-0.2, 0) is 9.53 Å². The number of rotatable bonds is 5. The van der Waals surface area contributed by atoms with Crippen LogP contribution in [-0.4, -0.2) is 36.4 Å². The fourth-order valence-electron chi connectivity index (χ4n) is 1.44. The largest absolute Gasteiger partial charge is 0.468 e. The first-order valence-corrected chi connectivity index (χ1v) is 6.62. The summed E-state index contributed by atoms with van der Waals surface area (Å²) in [6, 6.07) is 7.65. The van der Waals surface area contributed by atoms with Gasteiger partial charge in [-0.05, 0) is 5.56 Å². The van der Waals surface area contributed by atoms with Gasteiger partial charge in [-0.3, -0.25) is 4.79 Å². The van der Waals surface area contributed by atoms with Gasteiger partial charge in [0.1, 0.15) is 0 Å². The minimum atomic E-state index is -4.69. The molecule has 0 saturated heterocycles. The van der Waals surface area contributed by atoms with E-state index < -0.39 is 22.8 Å². The van der Waals surface area contributed by atoms with Crippen molar-refractivity contribution < 1.29 is 27.9 Å². The number of carbonyl (C=O) groups excluding carboxylic acids is 1. The number of alkyl halides is 3. The van der Waals surface area contributed by atoms with Gasteiger partial charge in [0, 0.05) is 5.57 Å². The van der Waals surface area contributed by atoms with Crippen molar-refractivity contribution in [3.05, 3.63) is 40.8 Å². The molecule has 0 bridgehead atoms. The number of halogens is 3. The molecular weight excluding hydrogens is 307 g/mol. The minimum absolute atomic E-state index is 0.222. The van der Waals surface area contributed by atoms with Crippen molar-refractivity contribution in [2.75, 3.05) is 12.9 Å². The zero-order valence-electron chi connectivity index (χ0n) is 10.9. The maximum atomic E-state index is 13.2. The fourth-order valence-corrected chi connectivity index (χ4v) is 2.31. The number of hydrogen-bond donors (Lipinski definition) is 1. The van der Waals surface area contributed by atoms with Crippen LogP contribution < -0.4 is 0 Å². The standard InChI is InChI=1S/C13H12F3NO3S/c1-20-11(18)8-21-12(13(14,15)16)10(7-17-19)9-5-3-2-4-6-9/h2-7,19H,8H2,1H3/b12-10+,17-7-. The van der Waals surface area contributed by atoms with E-state index in [1.807, 2.05) is 0 Å². The molecule has 1 aromatic rings. The minimum Gasteiger partial charge on any atom is -0.468 e. The van der Waals surface area contributed by atoms with Crippen LogP contribution in [0.25, 0.3) is 5.57 Å². The molecule has 1 aromatic carbocycles. The highest BCUT2D eigenvalue weighted by Crippen LogP contribution is 2.39. The van der Waals surface area contributed by atoms with Crippen molar-refractivity contribution in [1.82, 2.24) is 0 Å². The first-order chi connectivity index (χ1) is 9.90. The maximum absolute atomic E-state index is 13.2. The second-order valence-electron chi connectivity index (χ2n) is 3.72. The number of nitrogens with zero attached hydrogens (tertiary/aromatic N) is 1. The normalized spacial score (nSPS) is 13.1. The van der Waals surface area contributed by atoms with Crippen molar-refractivity contribution in [3.63, 3.8) is 0 Å². The first-order valence-electron chi connectivity index (χ1n) is 5.64. The summed E-state index contributed by atoms with van der Waals surface area (Å²) >= 11 is 0.282. The SMILES string of the molecule is COC(=O)CS/C(=C(\C=N/O)c1ccccc1)C(F)(F)F. The van der Waals surface area contributed by atoms with E-state index in [9.17, 15) is 18.0 Å². The third-order valence-corrected chi connectivity index (χ3v) is 3.46. The highest BCUT2D eigenvalue weighted by atomic mass is 32.2. The molecule has 114 valence electrons. The number of methoxy groups -OCH3 is 1. The first kappa shape index (κ1) is 17.1. The van der Waals surface area contributed by atoms with E-state index in [2.05, 4.69) is 9.89 Å². The Morgan fingerprint density at radius 3 is 2.48 bits per heavy atom. The molecule has 0 amide bonds. The predicted molar refractivity (Wildman–Crippen MR) is 74.2 cm³/mol. The van der Waals surface area contributed by atoms with E-state index in [1.54, 1.807) is 18.2 Å². The summed E-state index contributed by atoms with van der Waals surface area (Å²) in [5, 5.41) is 11.3. The van der Waals surface area contributed by atoms with Gasteiger partial charge in [0.2, 0.25) is 0 Å². The van der Waals surface area contributed by atoms with Gasteiger partial charge in [-0.1, -0.05) is 35.5 Å². The molecule has 1 N–H and O–H groups in total. The number of hydrogen-bond acceptors (Lipinski definition) is 5. The van der Waals surface area contributed by atoms with E-state index in [0.717, 1.165) is 7.11 Å². The van der Waals surface area contributed by atoms with E-state index in [-0.39, 0.29) is 22.9 Å². The maximum Gasteiger partial charge on any atom is 0.422 e. The predicted octanol–water partition coefficient (Wildman–Crippen LogP) is 3.33. The number of thioether (sulfide) groups is 1. The lowest BCUT2D eigenvalue weighted by molar-refractivity contribution is -0.137. The summed E-state index contributed by atoms with van der Waals surface area (Å²) < 4.78 is 43.8.